The molecule has 0 bridgehead atoms. The summed E-state index contributed by atoms with van der Waals surface area (Å²) in [4.78, 5) is 2.43. The van der Waals surface area contributed by atoms with E-state index in [1.54, 1.807) is 0 Å². The van der Waals surface area contributed by atoms with E-state index in [0.717, 1.165) is 30.9 Å². The van der Waals surface area contributed by atoms with Crippen LogP contribution in [0.3, 0.4) is 0 Å². The maximum absolute atomic E-state index is 5.66. The molecule has 2 fully saturated rings. The highest BCUT2D eigenvalue weighted by molar-refractivity contribution is 7.99. The zero-order chi connectivity index (χ0) is 12.4. The first kappa shape index (κ1) is 12.6. The van der Waals surface area contributed by atoms with Crippen molar-refractivity contribution < 1.29 is 4.42 Å². The third-order valence-corrected chi connectivity index (χ3v) is 4.96. The number of hydrogen-bond acceptors (Lipinski definition) is 4. The van der Waals surface area contributed by atoms with E-state index >= 15 is 0 Å². The Hall–Kier alpha value is -0.450. The molecule has 4 heteroatoms. The Labute approximate surface area is 113 Å². The molecular formula is C14H22N2OS. The maximum Gasteiger partial charge on any atom is 0.118 e. The molecule has 3 rings (SSSR count). The molecule has 1 saturated heterocycles. The van der Waals surface area contributed by atoms with Gasteiger partial charge in [-0.2, -0.15) is 11.8 Å². The van der Waals surface area contributed by atoms with Gasteiger partial charge in [-0.25, -0.2) is 0 Å². The molecule has 2 aliphatic rings. The van der Waals surface area contributed by atoms with Gasteiger partial charge < -0.3 is 9.73 Å². The molecule has 1 atom stereocenters. The minimum Gasteiger partial charge on any atom is -0.468 e. The Morgan fingerprint density at radius 3 is 3.06 bits per heavy atom. The highest BCUT2D eigenvalue weighted by atomic mass is 32.2. The predicted molar refractivity (Wildman–Crippen MR) is 75.8 cm³/mol. The fourth-order valence-corrected chi connectivity index (χ4v) is 3.69. The van der Waals surface area contributed by atoms with Gasteiger partial charge in [-0.15, -0.1) is 0 Å². The van der Waals surface area contributed by atoms with Crippen molar-refractivity contribution in [2.45, 2.75) is 44.4 Å². The number of rotatable bonds is 6. The first-order valence-corrected chi connectivity index (χ1v) is 8.04. The standard InChI is InChI=1S/C14H22N2OS/c1-16(13-4-5-18-10-13)8-14-6-11(9-17-14)7-15-12-2-3-12/h6,9,12-13,15H,2-5,7-8,10H2,1H3. The van der Waals surface area contributed by atoms with Gasteiger partial charge in [-0.05, 0) is 38.1 Å². The largest absolute Gasteiger partial charge is 0.468 e. The SMILES string of the molecule is CN(Cc1cc(CNC2CC2)co1)C1CCSC1. The lowest BCUT2D eigenvalue weighted by molar-refractivity contribution is 0.234. The van der Waals surface area contributed by atoms with Crippen molar-refractivity contribution >= 4 is 11.8 Å². The Kier molecular flexibility index (Phi) is 3.97. The van der Waals surface area contributed by atoms with E-state index in [9.17, 15) is 0 Å². The summed E-state index contributed by atoms with van der Waals surface area (Å²) in [6, 6.07) is 3.70. The number of hydrogen-bond donors (Lipinski definition) is 1. The monoisotopic (exact) mass is 266 g/mol. The second-order valence-corrected chi connectivity index (χ2v) is 6.66. The molecule has 0 aromatic carbocycles. The molecule has 100 valence electrons. The molecule has 1 saturated carbocycles. The van der Waals surface area contributed by atoms with E-state index in [-0.39, 0.29) is 0 Å². The number of furan rings is 1. The van der Waals surface area contributed by atoms with Gasteiger partial charge in [0.25, 0.3) is 0 Å². The van der Waals surface area contributed by atoms with Crippen molar-refractivity contribution in [1.29, 1.82) is 0 Å². The van der Waals surface area contributed by atoms with Crippen LogP contribution in [0.1, 0.15) is 30.6 Å². The minimum absolute atomic E-state index is 0.730. The Morgan fingerprint density at radius 1 is 1.44 bits per heavy atom. The third-order valence-electron chi connectivity index (χ3n) is 3.81. The summed E-state index contributed by atoms with van der Waals surface area (Å²) in [7, 11) is 2.21. The molecule has 3 nitrogen and oxygen atoms in total. The summed E-state index contributed by atoms with van der Waals surface area (Å²) in [5.41, 5.74) is 1.28. The van der Waals surface area contributed by atoms with Gasteiger partial charge in [0, 0.05) is 29.9 Å². The summed E-state index contributed by atoms with van der Waals surface area (Å²) in [5, 5.41) is 3.52. The molecule has 1 aromatic rings. The van der Waals surface area contributed by atoms with Crippen LogP contribution in [0.2, 0.25) is 0 Å². The van der Waals surface area contributed by atoms with Crippen molar-refractivity contribution in [2.75, 3.05) is 18.6 Å². The second kappa shape index (κ2) is 5.68. The van der Waals surface area contributed by atoms with Gasteiger partial charge in [-0.3, -0.25) is 4.90 Å². The van der Waals surface area contributed by atoms with Crippen LogP contribution in [-0.2, 0) is 13.1 Å². The zero-order valence-electron chi connectivity index (χ0n) is 11.0. The first-order valence-electron chi connectivity index (χ1n) is 6.89. The van der Waals surface area contributed by atoms with Crippen LogP contribution in [-0.4, -0.2) is 35.5 Å². The predicted octanol–water partition coefficient (Wildman–Crippen LogP) is 2.47. The molecule has 18 heavy (non-hydrogen) atoms. The lowest BCUT2D eigenvalue weighted by Crippen LogP contribution is -2.30. The molecule has 1 N–H and O–H groups in total. The van der Waals surface area contributed by atoms with Crippen molar-refractivity contribution in [2.24, 2.45) is 0 Å². The molecule has 1 aromatic heterocycles. The molecule has 0 amide bonds. The van der Waals surface area contributed by atoms with E-state index in [0.29, 0.717) is 0 Å². The number of thioether (sulfide) groups is 1. The number of nitrogens with one attached hydrogen (secondary N) is 1. The number of nitrogens with zero attached hydrogens (tertiary/aromatic N) is 1. The lowest BCUT2D eigenvalue weighted by Gasteiger charge is -2.21. The Bertz CT molecular complexity index is 383. The lowest BCUT2D eigenvalue weighted by atomic mass is 10.2. The third kappa shape index (κ3) is 3.31. The maximum atomic E-state index is 5.66. The zero-order valence-corrected chi connectivity index (χ0v) is 11.8. The summed E-state index contributed by atoms with van der Waals surface area (Å²) in [6.07, 6.45) is 5.90. The van der Waals surface area contributed by atoms with Gasteiger partial charge in [0.05, 0.1) is 12.8 Å². The van der Waals surface area contributed by atoms with Gasteiger partial charge in [0.1, 0.15) is 5.76 Å². The first-order chi connectivity index (χ1) is 8.81. The van der Waals surface area contributed by atoms with E-state index in [1.165, 1.54) is 36.3 Å². The van der Waals surface area contributed by atoms with Crippen molar-refractivity contribution in [3.8, 4) is 0 Å². The molecule has 0 spiro atoms. The normalized spacial score (nSPS) is 24.0. The summed E-state index contributed by atoms with van der Waals surface area (Å²) >= 11 is 2.06. The topological polar surface area (TPSA) is 28.4 Å². The van der Waals surface area contributed by atoms with Gasteiger partial charge in [-0.1, -0.05) is 0 Å². The van der Waals surface area contributed by atoms with Crippen LogP contribution < -0.4 is 5.32 Å². The average Bonchev–Trinajstić information content (AvgIpc) is 2.88. The van der Waals surface area contributed by atoms with Crippen LogP contribution in [0.25, 0.3) is 0 Å². The molecule has 2 heterocycles. The van der Waals surface area contributed by atoms with Crippen LogP contribution in [0.5, 0.6) is 0 Å². The van der Waals surface area contributed by atoms with E-state index in [1.807, 2.05) is 6.26 Å². The summed E-state index contributed by atoms with van der Waals surface area (Å²) in [6.45, 7) is 1.89. The van der Waals surface area contributed by atoms with Crippen molar-refractivity contribution in [3.63, 3.8) is 0 Å². The van der Waals surface area contributed by atoms with Crippen LogP contribution in [0, 0.1) is 0 Å². The summed E-state index contributed by atoms with van der Waals surface area (Å²) < 4.78 is 5.66. The van der Waals surface area contributed by atoms with Gasteiger partial charge in [0.2, 0.25) is 0 Å². The van der Waals surface area contributed by atoms with E-state index < -0.39 is 0 Å². The van der Waals surface area contributed by atoms with E-state index in [4.69, 9.17) is 4.42 Å². The molecule has 1 unspecified atom stereocenters. The molecule has 1 aliphatic carbocycles. The van der Waals surface area contributed by atoms with Crippen molar-refractivity contribution in [1.82, 2.24) is 10.2 Å². The highest BCUT2D eigenvalue weighted by Crippen LogP contribution is 2.23. The Morgan fingerprint density at radius 2 is 2.33 bits per heavy atom. The van der Waals surface area contributed by atoms with E-state index in [2.05, 4.69) is 35.1 Å². The molecular weight excluding hydrogens is 244 g/mol. The highest BCUT2D eigenvalue weighted by Gasteiger charge is 2.22. The van der Waals surface area contributed by atoms with Crippen LogP contribution in [0.15, 0.2) is 16.7 Å². The van der Waals surface area contributed by atoms with Gasteiger partial charge in [0.15, 0.2) is 0 Å². The fraction of sp³-hybridized carbons (Fsp3) is 0.714. The fourth-order valence-electron chi connectivity index (χ4n) is 2.40. The second-order valence-electron chi connectivity index (χ2n) is 5.51. The summed E-state index contributed by atoms with van der Waals surface area (Å²) in [5.74, 6) is 3.68. The Balaban J connectivity index is 1.48. The van der Waals surface area contributed by atoms with Crippen LogP contribution in [0.4, 0.5) is 0 Å². The minimum atomic E-state index is 0.730. The molecule has 1 aliphatic heterocycles. The quantitative estimate of drug-likeness (QED) is 0.856. The van der Waals surface area contributed by atoms with Crippen molar-refractivity contribution in [3.05, 3.63) is 23.7 Å². The van der Waals surface area contributed by atoms with Gasteiger partial charge >= 0.3 is 0 Å². The van der Waals surface area contributed by atoms with Crippen LogP contribution >= 0.6 is 11.8 Å². The average molecular weight is 266 g/mol. The smallest absolute Gasteiger partial charge is 0.118 e. The molecule has 0 radical (unpaired) electrons.